The van der Waals surface area contributed by atoms with Crippen molar-refractivity contribution in [3.05, 3.63) is 29.3 Å². The van der Waals surface area contributed by atoms with Gasteiger partial charge in [-0.15, -0.1) is 0 Å². The molecule has 3 unspecified atom stereocenters. The third-order valence-electron chi connectivity index (χ3n) is 7.89. The highest BCUT2D eigenvalue weighted by Crippen LogP contribution is 2.37. The molecular weight excluding hydrogens is 428 g/mol. The van der Waals surface area contributed by atoms with Gasteiger partial charge < -0.3 is 10.6 Å². The van der Waals surface area contributed by atoms with Gasteiger partial charge in [-0.3, -0.25) is 19.8 Å². The Morgan fingerprint density at radius 3 is 2.73 bits per heavy atom. The molecule has 33 heavy (non-hydrogen) atoms. The number of aliphatic imine (C=N–C) groups is 2. The second-order valence-electron chi connectivity index (χ2n) is 10.1. The van der Waals surface area contributed by atoms with E-state index in [0.29, 0.717) is 17.3 Å². The Bertz CT molecular complexity index is 862. The third-order valence-corrected chi connectivity index (χ3v) is 9.05. The summed E-state index contributed by atoms with van der Waals surface area (Å²) in [6, 6.07) is 8.00. The van der Waals surface area contributed by atoms with Gasteiger partial charge >= 0.3 is 0 Å². The lowest BCUT2D eigenvalue weighted by Crippen LogP contribution is -2.50. The van der Waals surface area contributed by atoms with E-state index >= 15 is 0 Å². The lowest BCUT2D eigenvalue weighted by molar-refractivity contribution is 0.0975. The molecule has 0 radical (unpaired) electrons. The quantitative estimate of drug-likeness (QED) is 0.603. The molecular formula is C26H40N6S. The van der Waals surface area contributed by atoms with Crippen LogP contribution in [0.1, 0.15) is 43.7 Å². The van der Waals surface area contributed by atoms with Crippen molar-refractivity contribution >= 4 is 28.8 Å². The van der Waals surface area contributed by atoms with Crippen molar-refractivity contribution in [1.29, 1.82) is 0 Å². The minimum Gasteiger partial charge on any atom is -0.379 e. The fourth-order valence-electron chi connectivity index (χ4n) is 5.93. The van der Waals surface area contributed by atoms with Crippen molar-refractivity contribution in [2.45, 2.75) is 62.8 Å². The molecule has 7 heteroatoms. The number of fused-ring (bicyclic) bond motifs is 2. The molecule has 1 aromatic rings. The van der Waals surface area contributed by atoms with Crippen molar-refractivity contribution in [3.63, 3.8) is 0 Å². The monoisotopic (exact) mass is 468 g/mol. The number of piperazine rings is 1. The predicted molar refractivity (Wildman–Crippen MR) is 141 cm³/mol. The van der Waals surface area contributed by atoms with Crippen LogP contribution in [0, 0.1) is 0 Å². The zero-order valence-corrected chi connectivity index (χ0v) is 21.0. The van der Waals surface area contributed by atoms with Crippen LogP contribution in [0.3, 0.4) is 0 Å². The average Bonchev–Trinajstić information content (AvgIpc) is 3.45. The molecule has 4 aliphatic rings. The van der Waals surface area contributed by atoms with Crippen LogP contribution in [-0.4, -0.2) is 95.8 Å². The van der Waals surface area contributed by atoms with E-state index in [4.69, 9.17) is 5.73 Å². The summed E-state index contributed by atoms with van der Waals surface area (Å²) in [6.45, 7) is 11.9. The van der Waals surface area contributed by atoms with Crippen LogP contribution in [0.4, 0.5) is 5.69 Å². The molecule has 2 fully saturated rings. The Balaban J connectivity index is 1.03. The van der Waals surface area contributed by atoms with Gasteiger partial charge in [-0.05, 0) is 55.8 Å². The molecule has 1 aliphatic carbocycles. The molecule has 0 bridgehead atoms. The molecule has 3 aliphatic heterocycles. The van der Waals surface area contributed by atoms with Crippen LogP contribution < -0.4 is 5.73 Å². The minimum absolute atomic E-state index is 0.480. The Kier molecular flexibility index (Phi) is 7.70. The number of hydrogen-bond donors (Lipinski definition) is 1. The highest BCUT2D eigenvalue weighted by Gasteiger charge is 2.37. The first-order valence-electron chi connectivity index (χ1n) is 13.0. The maximum Gasteiger partial charge on any atom is 0.154 e. The van der Waals surface area contributed by atoms with Crippen molar-refractivity contribution in [1.82, 2.24) is 14.7 Å². The molecule has 3 heterocycles. The first-order chi connectivity index (χ1) is 16.2. The Morgan fingerprint density at radius 2 is 1.91 bits per heavy atom. The summed E-state index contributed by atoms with van der Waals surface area (Å²) in [5.41, 5.74) is 10.0. The van der Waals surface area contributed by atoms with Gasteiger partial charge in [0.05, 0.1) is 11.7 Å². The van der Waals surface area contributed by atoms with Gasteiger partial charge in [0.15, 0.2) is 5.17 Å². The number of thioether (sulfide) groups is 1. The van der Waals surface area contributed by atoms with Crippen molar-refractivity contribution < 1.29 is 0 Å². The van der Waals surface area contributed by atoms with Crippen LogP contribution in [-0.2, 0) is 12.8 Å². The van der Waals surface area contributed by atoms with Crippen molar-refractivity contribution in [3.8, 4) is 0 Å². The van der Waals surface area contributed by atoms with E-state index in [1.807, 2.05) is 18.0 Å². The number of hydrogen-bond acceptors (Lipinski definition) is 7. The Hall–Kier alpha value is -1.41. The number of amidine groups is 1. The molecule has 0 aromatic heterocycles. The maximum absolute atomic E-state index is 6.00. The number of nitrogens with two attached hydrogens (primary N) is 1. The largest absolute Gasteiger partial charge is 0.379 e. The number of nitrogens with zero attached hydrogens (tertiary/aromatic N) is 5. The maximum atomic E-state index is 6.00. The first kappa shape index (κ1) is 23.3. The highest BCUT2D eigenvalue weighted by atomic mass is 32.2. The van der Waals surface area contributed by atoms with Crippen LogP contribution in [0.5, 0.6) is 0 Å². The molecule has 3 atom stereocenters. The lowest BCUT2D eigenvalue weighted by atomic mass is 9.90. The summed E-state index contributed by atoms with van der Waals surface area (Å²) in [7, 11) is 0. The van der Waals surface area contributed by atoms with E-state index in [9.17, 15) is 0 Å². The van der Waals surface area contributed by atoms with Crippen LogP contribution in [0.2, 0.25) is 0 Å². The predicted octanol–water partition coefficient (Wildman–Crippen LogP) is 3.17. The van der Waals surface area contributed by atoms with E-state index in [2.05, 4.69) is 49.8 Å². The van der Waals surface area contributed by atoms with Gasteiger partial charge in [-0.25, -0.2) is 0 Å². The molecule has 0 amide bonds. The third kappa shape index (κ3) is 5.81. The molecule has 1 aromatic carbocycles. The normalized spacial score (nSPS) is 27.7. The fraction of sp³-hybridized carbons (Fsp3) is 0.692. The van der Waals surface area contributed by atoms with Gasteiger partial charge in [0.25, 0.3) is 0 Å². The summed E-state index contributed by atoms with van der Waals surface area (Å²) in [6.07, 6.45) is 9.15. The Labute approximate surface area is 203 Å². The van der Waals surface area contributed by atoms with Crippen molar-refractivity contribution in [2.24, 2.45) is 15.7 Å². The molecule has 6 nitrogen and oxygen atoms in total. The first-order valence-corrected chi connectivity index (χ1v) is 13.9. The van der Waals surface area contributed by atoms with Crippen LogP contribution in [0.15, 0.2) is 28.2 Å². The Morgan fingerprint density at radius 1 is 1.09 bits per heavy atom. The zero-order valence-electron chi connectivity index (χ0n) is 20.2. The van der Waals surface area contributed by atoms with Crippen molar-refractivity contribution in [2.75, 3.05) is 52.4 Å². The van der Waals surface area contributed by atoms with E-state index in [1.165, 1.54) is 89.2 Å². The second kappa shape index (κ2) is 10.9. The van der Waals surface area contributed by atoms with Gasteiger partial charge in [0.2, 0.25) is 0 Å². The fourth-order valence-corrected chi connectivity index (χ4v) is 7.11. The molecule has 1 saturated heterocycles. The summed E-state index contributed by atoms with van der Waals surface area (Å²) in [4.78, 5) is 17.2. The minimum atomic E-state index is 0.480. The van der Waals surface area contributed by atoms with E-state index in [-0.39, 0.29) is 0 Å². The van der Waals surface area contributed by atoms with E-state index < -0.39 is 0 Å². The van der Waals surface area contributed by atoms with E-state index in [1.54, 1.807) is 0 Å². The highest BCUT2D eigenvalue weighted by molar-refractivity contribution is 8.14. The summed E-state index contributed by atoms with van der Waals surface area (Å²) in [5, 5.41) is 1.43. The molecule has 180 valence electrons. The topological polar surface area (TPSA) is 60.5 Å². The SMILES string of the molecule is CCCN(CCN1CCN(CCc2ccc3c(c2)CC=N3)CC1)C1CCC2N=C(N)SC2C1. The average molecular weight is 469 g/mol. The second-order valence-corrected chi connectivity index (χ2v) is 11.4. The summed E-state index contributed by atoms with van der Waals surface area (Å²) in [5.74, 6) is 0. The smallest absolute Gasteiger partial charge is 0.154 e. The van der Waals surface area contributed by atoms with Gasteiger partial charge in [-0.1, -0.05) is 30.8 Å². The molecule has 2 N–H and O–H groups in total. The summed E-state index contributed by atoms with van der Waals surface area (Å²) >= 11 is 1.82. The number of rotatable bonds is 9. The molecule has 5 rings (SSSR count). The molecule has 1 saturated carbocycles. The lowest BCUT2D eigenvalue weighted by Gasteiger charge is -2.40. The van der Waals surface area contributed by atoms with Crippen LogP contribution in [0.25, 0.3) is 0 Å². The van der Waals surface area contributed by atoms with Gasteiger partial charge in [0, 0.05) is 69.7 Å². The van der Waals surface area contributed by atoms with Gasteiger partial charge in [-0.2, -0.15) is 0 Å². The standard InChI is InChI=1S/C26H40N6S/c1-2-10-32(22-4-6-24-25(19-22)33-26(27)29-24)17-16-31-14-12-30(13-15-31)11-8-20-3-5-23-21(18-20)7-9-28-23/h3,5,9,18,22,24-25H,2,4,6-8,10-17,19H2,1H3,(H2,27,29). The van der Waals surface area contributed by atoms with E-state index in [0.717, 1.165) is 23.7 Å². The van der Waals surface area contributed by atoms with Gasteiger partial charge in [0.1, 0.15) is 0 Å². The number of benzene rings is 1. The summed E-state index contributed by atoms with van der Waals surface area (Å²) < 4.78 is 0. The molecule has 0 spiro atoms. The zero-order chi connectivity index (χ0) is 22.6. The van der Waals surface area contributed by atoms with Crippen LogP contribution >= 0.6 is 11.8 Å².